The number of guanidine groups is 1. The fraction of sp³-hybridized carbons (Fsp3) is 0.286. The number of ether oxygens (including phenoxy) is 2. The number of nitrogens with one attached hydrogen (secondary N) is 1. The molecular weight excluding hydrogens is 270 g/mol. The number of nitrogens with zero attached hydrogens (tertiary/aromatic N) is 3. The van der Waals surface area contributed by atoms with E-state index in [0.29, 0.717) is 23.7 Å². The van der Waals surface area contributed by atoms with Gasteiger partial charge in [-0.1, -0.05) is 0 Å². The first kappa shape index (κ1) is 14.7. The maximum absolute atomic E-state index is 5.88. The zero-order valence-corrected chi connectivity index (χ0v) is 12.3. The molecule has 7 nitrogen and oxygen atoms in total. The maximum atomic E-state index is 5.88. The molecular formula is C14H19N5O2. The molecule has 2 rings (SSSR count). The van der Waals surface area contributed by atoms with Crippen LogP contribution in [0.2, 0.25) is 0 Å². The van der Waals surface area contributed by atoms with Crippen LogP contribution >= 0.6 is 0 Å². The molecule has 21 heavy (non-hydrogen) atoms. The zero-order valence-electron chi connectivity index (χ0n) is 12.3. The number of anilines is 1. The Morgan fingerprint density at radius 1 is 1.33 bits per heavy atom. The summed E-state index contributed by atoms with van der Waals surface area (Å²) in [4.78, 5) is 4.25. The maximum Gasteiger partial charge on any atom is 0.193 e. The average Bonchev–Trinajstić information content (AvgIpc) is 2.90. The van der Waals surface area contributed by atoms with Crippen LogP contribution in [-0.2, 0) is 13.6 Å². The molecule has 1 aromatic heterocycles. The fourth-order valence-electron chi connectivity index (χ4n) is 1.80. The van der Waals surface area contributed by atoms with Crippen LogP contribution in [0.1, 0.15) is 5.69 Å². The lowest BCUT2D eigenvalue weighted by Gasteiger charge is -2.11. The van der Waals surface area contributed by atoms with Gasteiger partial charge >= 0.3 is 0 Å². The van der Waals surface area contributed by atoms with Gasteiger partial charge in [0, 0.05) is 19.3 Å². The highest BCUT2D eigenvalue weighted by Gasteiger charge is 2.06. The Morgan fingerprint density at radius 2 is 2.14 bits per heavy atom. The van der Waals surface area contributed by atoms with Crippen LogP contribution in [0, 0.1) is 0 Å². The summed E-state index contributed by atoms with van der Waals surface area (Å²) in [6.45, 7) is 0.409. The second-order valence-corrected chi connectivity index (χ2v) is 4.37. The van der Waals surface area contributed by atoms with Crippen molar-refractivity contribution in [3.63, 3.8) is 0 Å². The second kappa shape index (κ2) is 6.65. The molecule has 0 unspecified atom stereocenters. The normalized spacial score (nSPS) is 11.3. The molecule has 0 aliphatic rings. The van der Waals surface area contributed by atoms with Crippen molar-refractivity contribution in [1.29, 1.82) is 0 Å². The van der Waals surface area contributed by atoms with Crippen molar-refractivity contribution in [3.05, 3.63) is 36.2 Å². The fourth-order valence-corrected chi connectivity index (χ4v) is 1.80. The Labute approximate surface area is 123 Å². The number of hydrogen-bond acceptors (Lipinski definition) is 4. The highest BCUT2D eigenvalue weighted by molar-refractivity contribution is 5.93. The van der Waals surface area contributed by atoms with Crippen LogP contribution in [0.15, 0.2) is 35.5 Å². The Bertz CT molecular complexity index is 636. The lowest BCUT2D eigenvalue weighted by atomic mass is 10.2. The molecule has 7 heteroatoms. The molecule has 0 saturated carbocycles. The Hall–Kier alpha value is -2.70. The monoisotopic (exact) mass is 289 g/mol. The Balaban J connectivity index is 2.09. The van der Waals surface area contributed by atoms with Gasteiger partial charge in [0.05, 0.1) is 32.1 Å². The van der Waals surface area contributed by atoms with Gasteiger partial charge in [-0.05, 0) is 18.2 Å². The summed E-state index contributed by atoms with van der Waals surface area (Å²) in [5.74, 6) is 1.65. The summed E-state index contributed by atoms with van der Waals surface area (Å²) in [6.07, 6.45) is 1.86. The predicted octanol–water partition coefficient (Wildman–Crippen LogP) is 1.36. The summed E-state index contributed by atoms with van der Waals surface area (Å²) in [5.41, 5.74) is 7.42. The molecule has 0 spiro atoms. The van der Waals surface area contributed by atoms with Crippen molar-refractivity contribution >= 4 is 11.6 Å². The van der Waals surface area contributed by atoms with Gasteiger partial charge in [0.15, 0.2) is 5.96 Å². The van der Waals surface area contributed by atoms with Crippen LogP contribution in [0.25, 0.3) is 0 Å². The molecule has 0 aliphatic carbocycles. The van der Waals surface area contributed by atoms with Crippen molar-refractivity contribution in [2.24, 2.45) is 17.8 Å². The average molecular weight is 289 g/mol. The second-order valence-electron chi connectivity index (χ2n) is 4.37. The van der Waals surface area contributed by atoms with Crippen LogP contribution in [0.5, 0.6) is 11.5 Å². The molecule has 0 radical (unpaired) electrons. The summed E-state index contributed by atoms with van der Waals surface area (Å²) < 4.78 is 12.2. The van der Waals surface area contributed by atoms with Crippen LogP contribution in [-0.4, -0.2) is 30.0 Å². The van der Waals surface area contributed by atoms with E-state index in [2.05, 4.69) is 15.4 Å². The van der Waals surface area contributed by atoms with Gasteiger partial charge < -0.3 is 20.5 Å². The van der Waals surface area contributed by atoms with Gasteiger partial charge in [-0.25, -0.2) is 4.99 Å². The minimum atomic E-state index is 0.284. The smallest absolute Gasteiger partial charge is 0.193 e. The number of methoxy groups -OCH3 is 2. The molecule has 0 atom stereocenters. The number of aliphatic imine (C=N–C) groups is 1. The third kappa shape index (κ3) is 3.88. The number of nitrogens with two attached hydrogens (primary N) is 1. The largest absolute Gasteiger partial charge is 0.497 e. The number of rotatable bonds is 5. The lowest BCUT2D eigenvalue weighted by Crippen LogP contribution is -2.23. The van der Waals surface area contributed by atoms with Crippen molar-refractivity contribution in [2.45, 2.75) is 6.54 Å². The number of hydrogen-bond donors (Lipinski definition) is 2. The van der Waals surface area contributed by atoms with Crippen molar-refractivity contribution < 1.29 is 9.47 Å². The summed E-state index contributed by atoms with van der Waals surface area (Å²) in [6, 6.07) is 7.29. The molecule has 2 aromatic rings. The third-order valence-electron chi connectivity index (χ3n) is 2.85. The molecule has 3 N–H and O–H groups in total. The van der Waals surface area contributed by atoms with E-state index in [1.54, 1.807) is 31.0 Å². The number of aryl methyl sites for hydroxylation is 1. The molecule has 1 heterocycles. The highest BCUT2D eigenvalue weighted by atomic mass is 16.5. The topological polar surface area (TPSA) is 86.7 Å². The van der Waals surface area contributed by atoms with E-state index >= 15 is 0 Å². The summed E-state index contributed by atoms with van der Waals surface area (Å²) in [7, 11) is 5.05. The summed E-state index contributed by atoms with van der Waals surface area (Å²) >= 11 is 0. The van der Waals surface area contributed by atoms with Crippen molar-refractivity contribution in [2.75, 3.05) is 19.5 Å². The van der Waals surface area contributed by atoms with Gasteiger partial charge in [-0.15, -0.1) is 0 Å². The predicted molar refractivity (Wildman–Crippen MR) is 81.7 cm³/mol. The van der Waals surface area contributed by atoms with Crippen molar-refractivity contribution in [1.82, 2.24) is 9.78 Å². The van der Waals surface area contributed by atoms with E-state index in [1.165, 1.54) is 0 Å². The van der Waals surface area contributed by atoms with E-state index in [1.807, 2.05) is 25.4 Å². The molecule has 0 aliphatic heterocycles. The van der Waals surface area contributed by atoms with Gasteiger partial charge in [0.25, 0.3) is 0 Å². The SMILES string of the molecule is COc1ccc(OC)c(NC(N)=NCc2ccn(C)n2)c1. The molecule has 112 valence electrons. The van der Waals surface area contributed by atoms with Gasteiger partial charge in [-0.2, -0.15) is 5.10 Å². The molecule has 0 amide bonds. The third-order valence-corrected chi connectivity index (χ3v) is 2.85. The standard InChI is InChI=1S/C14H19N5O2/c1-19-7-6-10(18-19)9-16-14(15)17-12-8-11(20-2)4-5-13(12)21-3/h4-8H,9H2,1-3H3,(H3,15,16,17). The minimum Gasteiger partial charge on any atom is -0.497 e. The Kier molecular flexibility index (Phi) is 4.65. The van der Waals surface area contributed by atoms with Gasteiger partial charge in [0.2, 0.25) is 0 Å². The molecule has 1 aromatic carbocycles. The molecule has 0 saturated heterocycles. The first-order valence-electron chi connectivity index (χ1n) is 6.40. The van der Waals surface area contributed by atoms with E-state index in [9.17, 15) is 0 Å². The van der Waals surface area contributed by atoms with E-state index < -0.39 is 0 Å². The van der Waals surface area contributed by atoms with E-state index in [4.69, 9.17) is 15.2 Å². The highest BCUT2D eigenvalue weighted by Crippen LogP contribution is 2.28. The first-order chi connectivity index (χ1) is 10.1. The first-order valence-corrected chi connectivity index (χ1v) is 6.40. The van der Waals surface area contributed by atoms with Gasteiger partial charge in [-0.3, -0.25) is 4.68 Å². The zero-order chi connectivity index (χ0) is 15.2. The Morgan fingerprint density at radius 3 is 2.76 bits per heavy atom. The van der Waals surface area contributed by atoms with Crippen LogP contribution in [0.3, 0.4) is 0 Å². The van der Waals surface area contributed by atoms with E-state index in [0.717, 1.165) is 5.69 Å². The number of benzene rings is 1. The van der Waals surface area contributed by atoms with Crippen molar-refractivity contribution in [3.8, 4) is 11.5 Å². The van der Waals surface area contributed by atoms with E-state index in [-0.39, 0.29) is 5.96 Å². The lowest BCUT2D eigenvalue weighted by molar-refractivity contribution is 0.405. The molecule has 0 bridgehead atoms. The van der Waals surface area contributed by atoms with Crippen LogP contribution < -0.4 is 20.5 Å². The molecule has 0 fully saturated rings. The number of aromatic nitrogens is 2. The summed E-state index contributed by atoms with van der Waals surface area (Å²) in [5, 5.41) is 7.23. The van der Waals surface area contributed by atoms with Crippen LogP contribution in [0.4, 0.5) is 5.69 Å². The van der Waals surface area contributed by atoms with Gasteiger partial charge in [0.1, 0.15) is 11.5 Å². The minimum absolute atomic E-state index is 0.284. The quantitative estimate of drug-likeness (QED) is 0.641.